The second kappa shape index (κ2) is 5.55. The van der Waals surface area contributed by atoms with Crippen molar-refractivity contribution in [3.8, 4) is 0 Å². The third-order valence-corrected chi connectivity index (χ3v) is 4.95. The van der Waals surface area contributed by atoms with Crippen LogP contribution in [-0.4, -0.2) is 13.4 Å². The van der Waals surface area contributed by atoms with Crippen LogP contribution < -0.4 is 4.72 Å². The topological polar surface area (TPSA) is 72.2 Å². The van der Waals surface area contributed by atoms with E-state index in [1.165, 1.54) is 12.1 Å². The number of benzene rings is 2. The molecular formula is C16H16N2O3S. The standard InChI is InChI=1S/C16H16N2O3S/c1-11(13-6-4-3-5-7-13)18-22(19,20)14-8-9-16-15(10-14)17-12(2)21-16/h3-11,18H,1-2H3. The molecule has 0 fully saturated rings. The summed E-state index contributed by atoms with van der Waals surface area (Å²) in [7, 11) is -3.62. The molecule has 1 heterocycles. The second-order valence-corrected chi connectivity index (χ2v) is 6.83. The highest BCUT2D eigenvalue weighted by Gasteiger charge is 2.19. The number of aromatic nitrogens is 1. The molecule has 0 saturated carbocycles. The van der Waals surface area contributed by atoms with Gasteiger partial charge in [-0.15, -0.1) is 0 Å². The molecule has 3 rings (SSSR count). The van der Waals surface area contributed by atoms with Crippen LogP contribution in [0.2, 0.25) is 0 Å². The van der Waals surface area contributed by atoms with Crippen molar-refractivity contribution in [1.82, 2.24) is 9.71 Å². The fourth-order valence-electron chi connectivity index (χ4n) is 2.30. The summed E-state index contributed by atoms with van der Waals surface area (Å²) < 4.78 is 33.0. The maximum absolute atomic E-state index is 12.5. The van der Waals surface area contributed by atoms with E-state index in [0.717, 1.165) is 5.56 Å². The first kappa shape index (κ1) is 14.7. The van der Waals surface area contributed by atoms with Crippen molar-refractivity contribution in [3.05, 3.63) is 60.0 Å². The highest BCUT2D eigenvalue weighted by atomic mass is 32.2. The highest BCUT2D eigenvalue weighted by molar-refractivity contribution is 7.89. The summed E-state index contributed by atoms with van der Waals surface area (Å²) in [5.41, 5.74) is 2.02. The van der Waals surface area contributed by atoms with Gasteiger partial charge in [-0.05, 0) is 30.7 Å². The van der Waals surface area contributed by atoms with Gasteiger partial charge in [-0.1, -0.05) is 30.3 Å². The minimum Gasteiger partial charge on any atom is -0.441 e. The van der Waals surface area contributed by atoms with Gasteiger partial charge in [-0.2, -0.15) is 0 Å². The first-order valence-corrected chi connectivity index (χ1v) is 8.38. The summed E-state index contributed by atoms with van der Waals surface area (Å²) in [6, 6.07) is 13.8. The Labute approximate surface area is 129 Å². The maximum Gasteiger partial charge on any atom is 0.241 e. The monoisotopic (exact) mass is 316 g/mol. The van der Waals surface area contributed by atoms with Crippen LogP contribution in [0.5, 0.6) is 0 Å². The van der Waals surface area contributed by atoms with Crippen molar-refractivity contribution < 1.29 is 12.8 Å². The number of hydrogen-bond donors (Lipinski definition) is 1. The fraction of sp³-hybridized carbons (Fsp3) is 0.188. The molecule has 3 aromatic rings. The number of nitrogens with zero attached hydrogens (tertiary/aromatic N) is 1. The molecule has 1 aromatic heterocycles. The van der Waals surface area contributed by atoms with Gasteiger partial charge in [0.1, 0.15) is 5.52 Å². The smallest absolute Gasteiger partial charge is 0.241 e. The molecule has 0 amide bonds. The molecular weight excluding hydrogens is 300 g/mol. The van der Waals surface area contributed by atoms with Crippen molar-refractivity contribution in [1.29, 1.82) is 0 Å². The molecule has 0 aliphatic heterocycles. The molecule has 0 bridgehead atoms. The van der Waals surface area contributed by atoms with E-state index >= 15 is 0 Å². The van der Waals surface area contributed by atoms with E-state index in [2.05, 4.69) is 9.71 Å². The van der Waals surface area contributed by atoms with Crippen LogP contribution in [-0.2, 0) is 10.0 Å². The van der Waals surface area contributed by atoms with E-state index < -0.39 is 10.0 Å². The van der Waals surface area contributed by atoms with Crippen LogP contribution in [0.4, 0.5) is 0 Å². The predicted octanol–water partition coefficient (Wildman–Crippen LogP) is 3.18. The van der Waals surface area contributed by atoms with E-state index in [-0.39, 0.29) is 10.9 Å². The normalized spacial score (nSPS) is 13.4. The molecule has 0 saturated heterocycles. The molecule has 6 heteroatoms. The Hall–Kier alpha value is -2.18. The zero-order valence-electron chi connectivity index (χ0n) is 12.3. The largest absolute Gasteiger partial charge is 0.441 e. The third kappa shape index (κ3) is 2.88. The van der Waals surface area contributed by atoms with Gasteiger partial charge in [-0.25, -0.2) is 18.1 Å². The first-order valence-electron chi connectivity index (χ1n) is 6.90. The van der Waals surface area contributed by atoms with Crippen molar-refractivity contribution in [2.24, 2.45) is 0 Å². The minimum absolute atomic E-state index is 0.177. The lowest BCUT2D eigenvalue weighted by Gasteiger charge is -2.14. The summed E-state index contributed by atoms with van der Waals surface area (Å²) in [5, 5.41) is 0. The Morgan fingerprint density at radius 2 is 1.86 bits per heavy atom. The lowest BCUT2D eigenvalue weighted by atomic mass is 10.1. The van der Waals surface area contributed by atoms with E-state index in [4.69, 9.17) is 4.42 Å². The van der Waals surface area contributed by atoms with Crippen molar-refractivity contribution in [3.63, 3.8) is 0 Å². The van der Waals surface area contributed by atoms with Crippen molar-refractivity contribution in [2.75, 3.05) is 0 Å². The van der Waals surface area contributed by atoms with Gasteiger partial charge in [-0.3, -0.25) is 0 Å². The average molecular weight is 316 g/mol. The summed E-state index contributed by atoms with van der Waals surface area (Å²) in [6.07, 6.45) is 0. The third-order valence-electron chi connectivity index (χ3n) is 3.41. The summed E-state index contributed by atoms with van der Waals surface area (Å²) >= 11 is 0. The minimum atomic E-state index is -3.62. The van der Waals surface area contributed by atoms with Gasteiger partial charge < -0.3 is 4.42 Å². The molecule has 0 spiro atoms. The number of rotatable bonds is 4. The number of sulfonamides is 1. The summed E-state index contributed by atoms with van der Waals surface area (Å²) in [4.78, 5) is 4.34. The zero-order valence-corrected chi connectivity index (χ0v) is 13.1. The molecule has 0 aliphatic rings. The summed E-state index contributed by atoms with van der Waals surface area (Å²) in [6.45, 7) is 3.54. The molecule has 0 aliphatic carbocycles. The first-order chi connectivity index (χ1) is 10.5. The fourth-order valence-corrected chi connectivity index (χ4v) is 3.55. The van der Waals surface area contributed by atoms with Gasteiger partial charge in [0.05, 0.1) is 4.90 Å². The lowest BCUT2D eigenvalue weighted by Crippen LogP contribution is -2.26. The zero-order chi connectivity index (χ0) is 15.7. The Morgan fingerprint density at radius 3 is 2.59 bits per heavy atom. The predicted molar refractivity (Wildman–Crippen MR) is 83.9 cm³/mol. The van der Waals surface area contributed by atoms with Crippen LogP contribution in [0.3, 0.4) is 0 Å². The van der Waals surface area contributed by atoms with E-state index in [9.17, 15) is 8.42 Å². The summed E-state index contributed by atoms with van der Waals surface area (Å²) in [5.74, 6) is 0.509. The molecule has 1 N–H and O–H groups in total. The van der Waals surface area contributed by atoms with Gasteiger partial charge in [0.15, 0.2) is 11.5 Å². The second-order valence-electron chi connectivity index (χ2n) is 5.12. The van der Waals surface area contributed by atoms with Crippen molar-refractivity contribution >= 4 is 21.1 Å². The van der Waals surface area contributed by atoms with Gasteiger partial charge in [0.25, 0.3) is 0 Å². The van der Waals surface area contributed by atoms with Crippen LogP contribution >= 0.6 is 0 Å². The number of fused-ring (bicyclic) bond motifs is 1. The molecule has 1 atom stereocenters. The van der Waals surface area contributed by atoms with E-state index in [1.54, 1.807) is 13.0 Å². The number of hydrogen-bond acceptors (Lipinski definition) is 4. The van der Waals surface area contributed by atoms with Gasteiger partial charge >= 0.3 is 0 Å². The Bertz CT molecular complexity index is 902. The Morgan fingerprint density at radius 1 is 1.14 bits per heavy atom. The van der Waals surface area contributed by atoms with Gasteiger partial charge in [0, 0.05) is 13.0 Å². The maximum atomic E-state index is 12.5. The average Bonchev–Trinajstić information content (AvgIpc) is 2.86. The molecule has 114 valence electrons. The van der Waals surface area contributed by atoms with E-state index in [0.29, 0.717) is 17.0 Å². The molecule has 22 heavy (non-hydrogen) atoms. The van der Waals surface area contributed by atoms with E-state index in [1.807, 2.05) is 37.3 Å². The lowest BCUT2D eigenvalue weighted by molar-refractivity contribution is 0.561. The van der Waals surface area contributed by atoms with Crippen LogP contribution in [0.25, 0.3) is 11.1 Å². The molecule has 2 aromatic carbocycles. The quantitative estimate of drug-likeness (QED) is 0.802. The van der Waals surface area contributed by atoms with Crippen LogP contribution in [0.15, 0.2) is 57.8 Å². The Balaban J connectivity index is 1.90. The number of nitrogens with one attached hydrogen (secondary N) is 1. The van der Waals surface area contributed by atoms with Crippen molar-refractivity contribution in [2.45, 2.75) is 24.8 Å². The van der Waals surface area contributed by atoms with Crippen LogP contribution in [0.1, 0.15) is 24.4 Å². The van der Waals surface area contributed by atoms with Crippen LogP contribution in [0, 0.1) is 6.92 Å². The Kier molecular flexibility index (Phi) is 3.72. The molecule has 5 nitrogen and oxygen atoms in total. The van der Waals surface area contributed by atoms with Gasteiger partial charge in [0.2, 0.25) is 10.0 Å². The molecule has 1 unspecified atom stereocenters. The molecule has 0 radical (unpaired) electrons. The highest BCUT2D eigenvalue weighted by Crippen LogP contribution is 2.21. The number of oxazole rings is 1. The SMILES string of the molecule is Cc1nc2cc(S(=O)(=O)NC(C)c3ccccc3)ccc2o1. The number of aryl methyl sites for hydroxylation is 1.